The molecule has 0 amide bonds. The maximum Gasteiger partial charge on any atom is 0.416 e. The van der Waals surface area contributed by atoms with Gasteiger partial charge in [-0.3, -0.25) is 9.88 Å². The summed E-state index contributed by atoms with van der Waals surface area (Å²) in [5, 5.41) is 6.61. The molecular weight excluding hydrogens is 550 g/mol. The van der Waals surface area contributed by atoms with Gasteiger partial charge in [0.2, 0.25) is 0 Å². The Kier molecular flexibility index (Phi) is 7.80. The zero-order valence-electron chi connectivity index (χ0n) is 21.4. The third kappa shape index (κ3) is 6.10. The first-order valence-electron chi connectivity index (χ1n) is 13.0. The molecule has 0 saturated carbocycles. The van der Waals surface area contributed by atoms with E-state index >= 15 is 0 Å². The first-order chi connectivity index (χ1) is 18.9. The Hall–Kier alpha value is -3.18. The number of pyridine rings is 1. The fraction of sp³-hybridized carbons (Fsp3) is 0.379. The Bertz CT molecular complexity index is 1370. The van der Waals surface area contributed by atoms with Crippen molar-refractivity contribution >= 4 is 33.9 Å². The fourth-order valence-corrected chi connectivity index (χ4v) is 6.26. The van der Waals surface area contributed by atoms with Crippen LogP contribution in [0.3, 0.4) is 0 Å². The van der Waals surface area contributed by atoms with Gasteiger partial charge in [0.15, 0.2) is 5.11 Å². The summed E-state index contributed by atoms with van der Waals surface area (Å²) in [6, 6.07) is 10.7. The van der Waals surface area contributed by atoms with Gasteiger partial charge in [-0.15, -0.1) is 6.58 Å². The van der Waals surface area contributed by atoms with Crippen molar-refractivity contribution in [3.63, 3.8) is 0 Å². The number of nitrogens with zero attached hydrogens (tertiary/aromatic N) is 2. The molecule has 4 nitrogen and oxygen atoms in total. The number of fused-ring (bicyclic) bond motifs is 4. The van der Waals surface area contributed by atoms with Crippen molar-refractivity contribution in [1.29, 1.82) is 0 Å². The number of anilines is 1. The maximum absolute atomic E-state index is 13.4. The Balaban J connectivity index is 1.43. The van der Waals surface area contributed by atoms with Gasteiger partial charge in [-0.1, -0.05) is 24.3 Å². The van der Waals surface area contributed by atoms with Crippen LogP contribution in [0.1, 0.15) is 42.0 Å². The molecule has 4 heterocycles. The van der Waals surface area contributed by atoms with Crippen LogP contribution in [0.4, 0.5) is 32.0 Å². The number of nitrogens with one attached hydrogen (secondary N) is 2. The molecule has 40 heavy (non-hydrogen) atoms. The normalized spacial score (nSPS) is 23.6. The minimum Gasteiger partial charge on any atom is -0.356 e. The second kappa shape index (κ2) is 11.0. The fourth-order valence-electron chi connectivity index (χ4n) is 6.00. The van der Waals surface area contributed by atoms with Crippen LogP contribution in [0.2, 0.25) is 0 Å². The molecule has 6 rings (SSSR count). The topological polar surface area (TPSA) is 40.2 Å². The molecule has 4 unspecified atom stereocenters. The zero-order chi connectivity index (χ0) is 28.7. The molecule has 1 aromatic heterocycles. The van der Waals surface area contributed by atoms with E-state index in [0.29, 0.717) is 30.4 Å². The average molecular weight is 579 g/mol. The molecule has 2 aromatic carbocycles. The molecule has 3 aromatic rings. The standard InChI is InChI=1S/C29H28F6N4S/c1-2-17-16-39-10-8-18(17)11-22(39)15-26(24-7-9-36-25-6-4-3-5-23(24)25)38-27(40)37-21-13-19(28(30,31)32)12-20(14-21)29(33,34)35/h2-7,9,12-14,17-18,22,26H,1,8,10-11,15-16H2,(H2,37,38,40)/t17?,18?,22?,26-/m0/s1. The van der Waals surface area contributed by atoms with E-state index in [0.717, 1.165) is 42.4 Å². The molecular formula is C29H28F6N4S. The van der Waals surface area contributed by atoms with Gasteiger partial charge >= 0.3 is 12.4 Å². The van der Waals surface area contributed by atoms with E-state index in [4.69, 9.17) is 12.2 Å². The van der Waals surface area contributed by atoms with Gasteiger partial charge in [-0.2, -0.15) is 26.3 Å². The molecule has 212 valence electrons. The Morgan fingerprint density at radius 3 is 2.40 bits per heavy atom. The SMILES string of the molecule is C=CC1CN2CCC1CC2C[C@H](NC(=S)Nc1cc(C(F)(F)F)cc(C(F)(F)F)c1)c1ccnc2ccccc12. The number of hydrogen-bond acceptors (Lipinski definition) is 3. The lowest BCUT2D eigenvalue weighted by Crippen LogP contribution is -2.53. The van der Waals surface area contributed by atoms with Crippen molar-refractivity contribution < 1.29 is 26.3 Å². The van der Waals surface area contributed by atoms with E-state index in [1.54, 1.807) is 6.20 Å². The highest BCUT2D eigenvalue weighted by Gasteiger charge is 2.40. The minimum atomic E-state index is -4.96. The molecule has 3 saturated heterocycles. The Morgan fingerprint density at radius 2 is 1.77 bits per heavy atom. The van der Waals surface area contributed by atoms with Gasteiger partial charge in [0.05, 0.1) is 22.7 Å². The first-order valence-corrected chi connectivity index (χ1v) is 13.4. The van der Waals surface area contributed by atoms with Gasteiger partial charge in [0.1, 0.15) is 0 Å². The summed E-state index contributed by atoms with van der Waals surface area (Å²) in [5.41, 5.74) is -1.54. The number of aromatic nitrogens is 1. The Morgan fingerprint density at radius 1 is 1.07 bits per heavy atom. The average Bonchev–Trinajstić information content (AvgIpc) is 2.91. The van der Waals surface area contributed by atoms with Crippen molar-refractivity contribution in [2.24, 2.45) is 11.8 Å². The quantitative estimate of drug-likeness (QED) is 0.179. The van der Waals surface area contributed by atoms with Crippen LogP contribution in [-0.2, 0) is 12.4 Å². The van der Waals surface area contributed by atoms with Crippen LogP contribution < -0.4 is 10.6 Å². The molecule has 0 radical (unpaired) electrons. The Labute approximate surface area is 233 Å². The van der Waals surface area contributed by atoms with Crippen LogP contribution in [0, 0.1) is 11.8 Å². The van der Waals surface area contributed by atoms with E-state index in [1.165, 1.54) is 0 Å². The summed E-state index contributed by atoms with van der Waals surface area (Å²) >= 11 is 5.45. The van der Waals surface area contributed by atoms with E-state index in [1.807, 2.05) is 36.4 Å². The van der Waals surface area contributed by atoms with Crippen molar-refractivity contribution in [1.82, 2.24) is 15.2 Å². The largest absolute Gasteiger partial charge is 0.416 e. The predicted molar refractivity (Wildman–Crippen MR) is 147 cm³/mol. The number of benzene rings is 2. The number of para-hydroxylation sites is 1. The van der Waals surface area contributed by atoms with Crippen molar-refractivity contribution in [2.45, 2.75) is 43.7 Å². The molecule has 2 N–H and O–H groups in total. The van der Waals surface area contributed by atoms with Crippen molar-refractivity contribution in [2.75, 3.05) is 18.4 Å². The molecule has 3 aliphatic heterocycles. The third-order valence-corrected chi connectivity index (χ3v) is 8.17. The second-order valence-electron chi connectivity index (χ2n) is 10.4. The highest BCUT2D eigenvalue weighted by Crippen LogP contribution is 2.41. The van der Waals surface area contributed by atoms with E-state index in [9.17, 15) is 26.3 Å². The molecule has 2 bridgehead atoms. The highest BCUT2D eigenvalue weighted by atomic mass is 32.1. The van der Waals surface area contributed by atoms with Crippen molar-refractivity contribution in [3.05, 3.63) is 84.1 Å². The summed E-state index contributed by atoms with van der Waals surface area (Å²) in [6.45, 7) is 5.86. The second-order valence-corrected chi connectivity index (χ2v) is 10.8. The number of alkyl halides is 6. The van der Waals surface area contributed by atoms with Crippen LogP contribution in [-0.4, -0.2) is 34.1 Å². The summed E-state index contributed by atoms with van der Waals surface area (Å²) < 4.78 is 80.3. The zero-order valence-corrected chi connectivity index (χ0v) is 22.2. The van der Waals surface area contributed by atoms with E-state index in [-0.39, 0.29) is 23.3 Å². The maximum atomic E-state index is 13.4. The van der Waals surface area contributed by atoms with Crippen LogP contribution in [0.25, 0.3) is 10.9 Å². The molecule has 5 atom stereocenters. The van der Waals surface area contributed by atoms with Gasteiger partial charge < -0.3 is 10.6 Å². The summed E-state index contributed by atoms with van der Waals surface area (Å²) in [4.78, 5) is 6.87. The van der Waals surface area contributed by atoms with Gasteiger partial charge in [-0.05, 0) is 85.8 Å². The predicted octanol–water partition coefficient (Wildman–Crippen LogP) is 7.59. The lowest BCUT2D eigenvalue weighted by atomic mass is 9.74. The third-order valence-electron chi connectivity index (χ3n) is 7.95. The van der Waals surface area contributed by atoms with Gasteiger partial charge in [-0.25, -0.2) is 0 Å². The lowest BCUT2D eigenvalue weighted by Gasteiger charge is -2.50. The molecule has 0 spiro atoms. The van der Waals surface area contributed by atoms with Crippen LogP contribution in [0.5, 0.6) is 0 Å². The van der Waals surface area contributed by atoms with Gasteiger partial charge in [0, 0.05) is 29.9 Å². The first kappa shape index (κ1) is 28.4. The molecule has 3 aliphatic rings. The summed E-state index contributed by atoms with van der Waals surface area (Å²) in [7, 11) is 0. The molecule has 0 aliphatic carbocycles. The lowest BCUT2D eigenvalue weighted by molar-refractivity contribution is -0.143. The van der Waals surface area contributed by atoms with E-state index in [2.05, 4.69) is 27.1 Å². The summed E-state index contributed by atoms with van der Waals surface area (Å²) in [5.74, 6) is 0.961. The number of rotatable bonds is 6. The van der Waals surface area contributed by atoms with Crippen LogP contribution in [0.15, 0.2) is 67.4 Å². The van der Waals surface area contributed by atoms with Crippen molar-refractivity contribution in [3.8, 4) is 0 Å². The minimum absolute atomic E-state index is 0.0710. The molecule has 3 fully saturated rings. The number of halogens is 6. The van der Waals surface area contributed by atoms with Crippen LogP contribution >= 0.6 is 12.2 Å². The molecule has 11 heteroatoms. The number of thiocarbonyl (C=S) groups is 1. The monoisotopic (exact) mass is 578 g/mol. The smallest absolute Gasteiger partial charge is 0.356 e. The number of piperidine rings is 3. The highest BCUT2D eigenvalue weighted by molar-refractivity contribution is 7.80. The van der Waals surface area contributed by atoms with E-state index < -0.39 is 29.2 Å². The number of hydrogen-bond donors (Lipinski definition) is 2. The summed E-state index contributed by atoms with van der Waals surface area (Å²) in [6.07, 6.45) is -3.49. The van der Waals surface area contributed by atoms with Gasteiger partial charge in [0.25, 0.3) is 0 Å².